The first-order chi connectivity index (χ1) is 12.8. The molecule has 0 N–H and O–H groups in total. The first-order valence-electron chi connectivity index (χ1n) is 10.1. The van der Waals surface area contributed by atoms with Gasteiger partial charge in [0.25, 0.3) is 0 Å². The first kappa shape index (κ1) is 20.8. The standard InChI is InChI=1S/C23H34O2S/c1-3-4-5-8-11-20-18-26-19-21(20)12-9-6-7-10-17-25-23-15-13-22(24-2)14-16-23/h13-16,18-19H,3-12,17H2,1-2H3. The lowest BCUT2D eigenvalue weighted by Crippen LogP contribution is -1.97. The van der Waals surface area contributed by atoms with Crippen LogP contribution in [0, 0.1) is 0 Å². The fourth-order valence-corrected chi connectivity index (χ4v) is 4.10. The lowest BCUT2D eigenvalue weighted by atomic mass is 10.0. The van der Waals surface area contributed by atoms with Gasteiger partial charge in [-0.25, -0.2) is 0 Å². The Morgan fingerprint density at radius 1 is 0.731 bits per heavy atom. The lowest BCUT2D eigenvalue weighted by molar-refractivity contribution is 0.304. The van der Waals surface area contributed by atoms with Gasteiger partial charge in [-0.3, -0.25) is 0 Å². The predicted molar refractivity (Wildman–Crippen MR) is 113 cm³/mol. The fraction of sp³-hybridized carbons (Fsp3) is 0.565. The number of methoxy groups -OCH3 is 1. The molecule has 2 aromatic rings. The molecule has 144 valence electrons. The average Bonchev–Trinajstić information content (AvgIpc) is 3.12. The summed E-state index contributed by atoms with van der Waals surface area (Å²) in [5, 5.41) is 4.73. The maximum Gasteiger partial charge on any atom is 0.119 e. The summed E-state index contributed by atoms with van der Waals surface area (Å²) in [5.41, 5.74) is 3.20. The van der Waals surface area contributed by atoms with Crippen LogP contribution in [0.4, 0.5) is 0 Å². The normalized spacial score (nSPS) is 10.8. The summed E-state index contributed by atoms with van der Waals surface area (Å²) in [6, 6.07) is 7.82. The zero-order valence-electron chi connectivity index (χ0n) is 16.5. The van der Waals surface area contributed by atoms with Crippen LogP contribution >= 0.6 is 11.3 Å². The summed E-state index contributed by atoms with van der Waals surface area (Å²) in [4.78, 5) is 0. The van der Waals surface area contributed by atoms with Crippen LogP contribution in [0.25, 0.3) is 0 Å². The summed E-state index contributed by atoms with van der Waals surface area (Å²) >= 11 is 1.87. The van der Waals surface area contributed by atoms with Crippen LogP contribution in [0.1, 0.15) is 69.4 Å². The highest BCUT2D eigenvalue weighted by atomic mass is 32.1. The Kier molecular flexibility index (Phi) is 10.3. The maximum atomic E-state index is 5.79. The van der Waals surface area contributed by atoms with Crippen LogP contribution in [0.5, 0.6) is 11.5 Å². The van der Waals surface area contributed by atoms with Gasteiger partial charge in [0.2, 0.25) is 0 Å². The SMILES string of the molecule is CCCCCCc1cscc1CCCCCCOc1ccc(OC)cc1. The van der Waals surface area contributed by atoms with Crippen LogP contribution in [-0.2, 0) is 12.8 Å². The zero-order valence-corrected chi connectivity index (χ0v) is 17.3. The van der Waals surface area contributed by atoms with Crippen LogP contribution in [0.15, 0.2) is 35.0 Å². The van der Waals surface area contributed by atoms with Gasteiger partial charge in [-0.15, -0.1) is 0 Å². The van der Waals surface area contributed by atoms with E-state index >= 15 is 0 Å². The summed E-state index contributed by atoms with van der Waals surface area (Å²) in [5.74, 6) is 1.80. The Hall–Kier alpha value is -1.48. The molecule has 0 aliphatic carbocycles. The number of unbranched alkanes of at least 4 members (excludes halogenated alkanes) is 6. The molecule has 0 atom stereocenters. The number of aryl methyl sites for hydroxylation is 2. The molecule has 0 amide bonds. The molecule has 0 bridgehead atoms. The molecule has 3 heteroatoms. The van der Waals surface area contributed by atoms with Gasteiger partial charge in [0.15, 0.2) is 0 Å². The second kappa shape index (κ2) is 12.8. The molecule has 2 nitrogen and oxygen atoms in total. The molecule has 0 radical (unpaired) electrons. The van der Waals surface area contributed by atoms with Crippen molar-refractivity contribution in [3.63, 3.8) is 0 Å². The van der Waals surface area contributed by atoms with Crippen LogP contribution in [-0.4, -0.2) is 13.7 Å². The quantitative estimate of drug-likeness (QED) is 0.329. The molecule has 0 saturated carbocycles. The second-order valence-electron chi connectivity index (χ2n) is 6.92. The van der Waals surface area contributed by atoms with Gasteiger partial charge in [-0.05, 0) is 78.3 Å². The number of benzene rings is 1. The molecule has 1 heterocycles. The van der Waals surface area contributed by atoms with Crippen molar-refractivity contribution in [1.82, 2.24) is 0 Å². The Morgan fingerprint density at radius 3 is 1.92 bits per heavy atom. The zero-order chi connectivity index (χ0) is 18.5. The molecular weight excluding hydrogens is 340 g/mol. The van der Waals surface area contributed by atoms with Gasteiger partial charge in [-0.2, -0.15) is 11.3 Å². The van der Waals surface area contributed by atoms with Crippen LogP contribution in [0.2, 0.25) is 0 Å². The van der Waals surface area contributed by atoms with Gasteiger partial charge in [0.1, 0.15) is 11.5 Å². The molecule has 1 aromatic heterocycles. The monoisotopic (exact) mass is 374 g/mol. The van der Waals surface area contributed by atoms with E-state index in [1.165, 1.54) is 57.8 Å². The van der Waals surface area contributed by atoms with Crippen LogP contribution in [0.3, 0.4) is 0 Å². The van der Waals surface area contributed by atoms with E-state index < -0.39 is 0 Å². The van der Waals surface area contributed by atoms with Crippen molar-refractivity contribution in [2.45, 2.75) is 71.1 Å². The molecular formula is C23H34O2S. The van der Waals surface area contributed by atoms with Gasteiger partial charge in [-0.1, -0.05) is 39.0 Å². The first-order valence-corrected chi connectivity index (χ1v) is 11.1. The smallest absolute Gasteiger partial charge is 0.119 e. The van der Waals surface area contributed by atoms with Crippen molar-refractivity contribution in [2.75, 3.05) is 13.7 Å². The highest BCUT2D eigenvalue weighted by Gasteiger charge is 2.04. The minimum absolute atomic E-state index is 0.799. The van der Waals surface area contributed by atoms with Crippen molar-refractivity contribution in [3.05, 3.63) is 46.2 Å². The summed E-state index contributed by atoms with van der Waals surface area (Å²) < 4.78 is 10.9. The lowest BCUT2D eigenvalue weighted by Gasteiger charge is -2.07. The third kappa shape index (κ3) is 7.82. The van der Waals surface area contributed by atoms with Crippen molar-refractivity contribution in [2.24, 2.45) is 0 Å². The highest BCUT2D eigenvalue weighted by molar-refractivity contribution is 7.08. The largest absolute Gasteiger partial charge is 0.497 e. The number of ether oxygens (including phenoxy) is 2. The molecule has 0 aliphatic heterocycles. The van der Waals surface area contributed by atoms with Gasteiger partial charge < -0.3 is 9.47 Å². The molecule has 26 heavy (non-hydrogen) atoms. The van der Waals surface area contributed by atoms with Gasteiger partial charge in [0, 0.05) is 0 Å². The van der Waals surface area contributed by atoms with E-state index in [0.717, 1.165) is 24.5 Å². The van der Waals surface area contributed by atoms with E-state index in [9.17, 15) is 0 Å². The molecule has 0 unspecified atom stereocenters. The van der Waals surface area contributed by atoms with Crippen LogP contribution < -0.4 is 9.47 Å². The van der Waals surface area contributed by atoms with E-state index in [0.29, 0.717) is 0 Å². The molecule has 0 spiro atoms. The highest BCUT2D eigenvalue weighted by Crippen LogP contribution is 2.21. The molecule has 0 aliphatic rings. The average molecular weight is 375 g/mol. The maximum absolute atomic E-state index is 5.79. The van der Waals surface area contributed by atoms with Crippen molar-refractivity contribution in [3.8, 4) is 11.5 Å². The number of rotatable bonds is 14. The van der Waals surface area contributed by atoms with E-state index in [2.05, 4.69) is 17.7 Å². The van der Waals surface area contributed by atoms with Gasteiger partial charge in [0.05, 0.1) is 13.7 Å². The summed E-state index contributed by atoms with van der Waals surface area (Å²) in [6.07, 6.45) is 12.9. The Bertz CT molecular complexity index is 589. The minimum Gasteiger partial charge on any atom is -0.497 e. The topological polar surface area (TPSA) is 18.5 Å². The van der Waals surface area contributed by atoms with E-state index in [4.69, 9.17) is 9.47 Å². The fourth-order valence-electron chi connectivity index (χ4n) is 3.16. The molecule has 0 saturated heterocycles. The van der Waals surface area contributed by atoms with Crippen molar-refractivity contribution >= 4 is 11.3 Å². The number of thiophene rings is 1. The molecule has 1 aromatic carbocycles. The van der Waals surface area contributed by atoms with E-state index in [1.807, 2.05) is 35.6 Å². The Labute approximate surface area is 163 Å². The number of hydrogen-bond donors (Lipinski definition) is 0. The Morgan fingerprint density at radius 2 is 1.31 bits per heavy atom. The predicted octanol–water partition coefficient (Wildman–Crippen LogP) is 7.06. The van der Waals surface area contributed by atoms with E-state index in [-0.39, 0.29) is 0 Å². The second-order valence-corrected chi connectivity index (χ2v) is 7.66. The van der Waals surface area contributed by atoms with Gasteiger partial charge >= 0.3 is 0 Å². The molecule has 0 fully saturated rings. The summed E-state index contributed by atoms with van der Waals surface area (Å²) in [6.45, 7) is 3.07. The minimum atomic E-state index is 0.799. The molecule has 2 rings (SSSR count). The van der Waals surface area contributed by atoms with E-state index in [1.54, 1.807) is 18.2 Å². The summed E-state index contributed by atoms with van der Waals surface area (Å²) in [7, 11) is 1.68. The number of hydrogen-bond acceptors (Lipinski definition) is 3. The third-order valence-electron chi connectivity index (χ3n) is 4.80. The van der Waals surface area contributed by atoms with Crippen molar-refractivity contribution < 1.29 is 9.47 Å². The third-order valence-corrected chi connectivity index (χ3v) is 5.64. The Balaban J connectivity index is 1.53. The van der Waals surface area contributed by atoms with Crippen molar-refractivity contribution in [1.29, 1.82) is 0 Å².